The molecule has 684 valence electrons. The van der Waals surface area contributed by atoms with E-state index in [4.69, 9.17) is 91.0 Å². The standard InChI is InChI=1S/C81H124N4O18S18/c1-16-78(2,3)60-54-56(112-72(110-54)75-116-66(104-47-41-98-35-29-92-23-17-86-10)67(117-75)105-48-42-99-36-30-93-24-18-87-11)62(83-60)80(6,7)64-58-59(115-74(114-58)77-120-70(108-51-45-102-39-33-96-27-21-90-14)71(121-77)109-52-46-103-40-34-97-28-22-91-15)65(85-64)81(8,9)63-57-55(61(84-63)79(4,5)53-82)111-73(113-57)76-118-68(106-49-43-100-37-31-94-25-19-88-12)69(119-76)107-50-44-101-38-32-95-26-20-89-13/h16,83-85H,1,17-53,82H2,2-15H3. The van der Waals surface area contributed by atoms with Crippen LogP contribution in [0.15, 0.2) is 92.9 Å². The molecule has 3 aromatic rings. The minimum absolute atomic E-state index is 0.380. The second-order valence-corrected chi connectivity index (χ2v) is 50.9. The van der Waals surface area contributed by atoms with Crippen molar-refractivity contribution in [2.45, 2.75) is 106 Å². The van der Waals surface area contributed by atoms with Gasteiger partial charge in [0.15, 0.2) is 0 Å². The summed E-state index contributed by atoms with van der Waals surface area (Å²) in [5.41, 5.74) is 11.9. The molecule has 0 atom stereocenters. The monoisotopic (exact) mass is 2020 g/mol. The molecule has 6 aliphatic rings. The minimum atomic E-state index is -0.604. The summed E-state index contributed by atoms with van der Waals surface area (Å²) < 4.78 is 117. The Morgan fingerprint density at radius 1 is 0.256 bits per heavy atom. The van der Waals surface area contributed by atoms with E-state index in [2.05, 4.69) is 83.0 Å². The first-order valence-electron chi connectivity index (χ1n) is 40.2. The quantitative estimate of drug-likeness (QED) is 0.0303. The van der Waals surface area contributed by atoms with E-state index in [0.717, 1.165) is 45.9 Å². The summed E-state index contributed by atoms with van der Waals surface area (Å²) in [6.45, 7) is 40.4. The molecular weight excluding hydrogens is 1890 g/mol. The molecular formula is C81H124N4O18S18. The number of ether oxygens (including phenoxy) is 18. The molecule has 0 aliphatic carbocycles. The maximum atomic E-state index is 6.88. The van der Waals surface area contributed by atoms with Gasteiger partial charge in [0.25, 0.3) is 0 Å². The largest absolute Gasteiger partial charge is 0.382 e. The number of fused-ring (bicyclic) bond motifs is 3. The lowest BCUT2D eigenvalue weighted by Crippen LogP contribution is -2.29. The van der Waals surface area contributed by atoms with E-state index < -0.39 is 16.2 Å². The molecule has 6 aliphatic heterocycles. The predicted octanol–water partition coefficient (Wildman–Crippen LogP) is 20.3. The summed E-state index contributed by atoms with van der Waals surface area (Å²) in [4.78, 5) is 20.3. The smallest absolute Gasteiger partial charge is 0.0717 e. The normalized spacial score (nSPS) is 16.0. The minimum Gasteiger partial charge on any atom is -0.382 e. The summed E-state index contributed by atoms with van der Waals surface area (Å²) in [6, 6.07) is 0. The number of allylic oxidation sites excluding steroid dienone is 1. The summed E-state index contributed by atoms with van der Waals surface area (Å²) in [5, 5.41) is 0. The molecule has 0 fully saturated rings. The number of aromatic nitrogens is 3. The van der Waals surface area contributed by atoms with E-state index in [0.29, 0.717) is 205 Å². The number of nitrogens with two attached hydrogens (primary N) is 1. The van der Waals surface area contributed by atoms with Gasteiger partial charge in [-0.15, -0.1) is 77.2 Å². The van der Waals surface area contributed by atoms with Gasteiger partial charge in [-0.2, -0.15) is 0 Å². The third kappa shape index (κ3) is 33.0. The Kier molecular flexibility index (Phi) is 50.9. The maximum absolute atomic E-state index is 6.88. The molecule has 0 spiro atoms. The SMILES string of the molecule is C=CC(C)(C)c1[nH]c(C(C)(C)c2[nH]c(C(C)(C)c3[nH]c(C(C)(C)CN)c4c3SC(=C3SC(SCCOCCOCCOC)=C(SCCOCCOCCOC)S3)S4)c3c2SC(=C2SC(SCCOCCOCCOC)=C(SCCOCCOCCOC)S2)S3)c2c1SC(=C1SC(SCCOCCOCCOC)=C(SCCOCCOCCOC)S1)S2. The molecule has 0 unspecified atom stereocenters. The Labute approximate surface area is 795 Å². The van der Waals surface area contributed by atoms with E-state index in [9.17, 15) is 0 Å². The summed E-state index contributed by atoms with van der Waals surface area (Å²) in [6.07, 6.45) is 2.09. The van der Waals surface area contributed by atoms with Gasteiger partial charge in [-0.3, -0.25) is 0 Å². The molecule has 22 nitrogen and oxygen atoms in total. The van der Waals surface area contributed by atoms with Crippen LogP contribution >= 0.6 is 212 Å². The topological polar surface area (TPSA) is 240 Å². The van der Waals surface area contributed by atoms with E-state index >= 15 is 0 Å². The number of methoxy groups -OCH3 is 6. The zero-order valence-corrected chi connectivity index (χ0v) is 86.9. The first kappa shape index (κ1) is 106. The number of thioether (sulfide) groups is 18. The third-order valence-electron chi connectivity index (χ3n) is 18.4. The Hall–Kier alpha value is 1.56. The highest BCUT2D eigenvalue weighted by Gasteiger charge is 2.48. The van der Waals surface area contributed by atoms with Crippen molar-refractivity contribution in [3.05, 3.63) is 97.7 Å². The highest BCUT2D eigenvalue weighted by atomic mass is 32.3. The van der Waals surface area contributed by atoms with Crippen molar-refractivity contribution in [2.24, 2.45) is 5.73 Å². The number of nitrogens with one attached hydrogen (secondary N) is 3. The lowest BCUT2D eigenvalue weighted by Gasteiger charge is -2.28. The molecule has 0 aromatic carbocycles. The number of rotatable bonds is 68. The van der Waals surface area contributed by atoms with Crippen LogP contribution in [0.4, 0.5) is 0 Å². The van der Waals surface area contributed by atoms with Gasteiger partial charge in [0.2, 0.25) is 0 Å². The molecule has 0 bridgehead atoms. The van der Waals surface area contributed by atoms with E-state index in [-0.39, 0.29) is 5.41 Å². The zero-order valence-electron chi connectivity index (χ0n) is 72.2. The molecule has 0 saturated heterocycles. The highest BCUT2D eigenvalue weighted by Crippen LogP contribution is 2.71. The number of H-pyrrole nitrogens is 3. The van der Waals surface area contributed by atoms with Gasteiger partial charge in [0, 0.05) is 169 Å². The van der Waals surface area contributed by atoms with Crippen LogP contribution in [-0.2, 0) is 107 Å². The van der Waals surface area contributed by atoms with Crippen molar-refractivity contribution in [2.75, 3.05) is 282 Å². The molecule has 40 heteroatoms. The maximum Gasteiger partial charge on any atom is 0.0717 e. The lowest BCUT2D eigenvalue weighted by atomic mass is 9.85. The Balaban J connectivity index is 1.06. The van der Waals surface area contributed by atoms with Crippen molar-refractivity contribution in [3.63, 3.8) is 0 Å². The molecule has 3 aromatic heterocycles. The summed E-state index contributed by atoms with van der Waals surface area (Å²) in [5.74, 6) is 4.86. The number of hydrogen-bond acceptors (Lipinski definition) is 37. The van der Waals surface area contributed by atoms with Crippen LogP contribution < -0.4 is 5.73 Å². The van der Waals surface area contributed by atoms with E-state index in [1.165, 1.54) is 103 Å². The van der Waals surface area contributed by atoms with Crippen LogP contribution in [0.25, 0.3) is 0 Å². The van der Waals surface area contributed by atoms with Crippen molar-refractivity contribution < 1.29 is 85.3 Å². The average molecular weight is 2020 g/mol. The van der Waals surface area contributed by atoms with Crippen molar-refractivity contribution in [1.29, 1.82) is 0 Å². The van der Waals surface area contributed by atoms with Gasteiger partial charge in [-0.1, -0.05) is 175 Å². The van der Waals surface area contributed by atoms with Gasteiger partial charge in [0.1, 0.15) is 0 Å². The molecule has 0 saturated carbocycles. The second kappa shape index (κ2) is 58.0. The van der Waals surface area contributed by atoms with Crippen molar-refractivity contribution in [3.8, 4) is 0 Å². The van der Waals surface area contributed by atoms with E-state index in [1.54, 1.807) is 42.7 Å². The second-order valence-electron chi connectivity index (χ2n) is 28.9. The summed E-state index contributed by atoms with van der Waals surface area (Å²) >= 11 is 33.9. The fourth-order valence-electron chi connectivity index (χ4n) is 11.5. The molecule has 5 N–H and O–H groups in total. The van der Waals surface area contributed by atoms with Gasteiger partial charge >= 0.3 is 0 Å². The van der Waals surface area contributed by atoms with Crippen molar-refractivity contribution >= 4 is 212 Å². The first-order valence-corrected chi connectivity index (χ1v) is 55.9. The number of hydrogen-bond donors (Lipinski definition) is 4. The number of aromatic amines is 3. The molecule has 121 heavy (non-hydrogen) atoms. The Morgan fingerprint density at radius 3 is 0.636 bits per heavy atom. The molecule has 9 heterocycles. The average Bonchev–Trinajstić information content (AvgIpc) is 1.55. The van der Waals surface area contributed by atoms with Gasteiger partial charge < -0.3 is 106 Å². The third-order valence-corrected chi connectivity index (χ3v) is 44.3. The molecule has 0 radical (unpaired) electrons. The van der Waals surface area contributed by atoms with Crippen molar-refractivity contribution in [1.82, 2.24) is 15.0 Å². The zero-order chi connectivity index (χ0) is 86.3. The highest BCUT2D eigenvalue weighted by molar-refractivity contribution is 8.44. The van der Waals surface area contributed by atoms with Crippen LogP contribution in [0.2, 0.25) is 0 Å². The Bertz CT molecular complexity index is 3760. The molecule has 0 amide bonds. The van der Waals surface area contributed by atoms with Crippen LogP contribution in [-0.4, -0.2) is 297 Å². The fraction of sp³-hybridized carbons (Fsp3) is 0.679. The van der Waals surface area contributed by atoms with Crippen LogP contribution in [0.1, 0.15) is 89.6 Å². The predicted molar refractivity (Wildman–Crippen MR) is 531 cm³/mol. The van der Waals surface area contributed by atoms with Crippen LogP contribution in [0, 0.1) is 0 Å². The van der Waals surface area contributed by atoms with Gasteiger partial charge in [-0.05, 0) is 27.7 Å². The van der Waals surface area contributed by atoms with Gasteiger partial charge in [0.05, 0.1) is 249 Å². The Morgan fingerprint density at radius 2 is 0.430 bits per heavy atom. The van der Waals surface area contributed by atoms with Gasteiger partial charge in [-0.25, -0.2) is 0 Å². The van der Waals surface area contributed by atoms with Crippen LogP contribution in [0.3, 0.4) is 0 Å². The lowest BCUT2D eigenvalue weighted by molar-refractivity contribution is 0.0286. The fourth-order valence-corrected chi connectivity index (χ4v) is 38.6. The van der Waals surface area contributed by atoms with Crippen LogP contribution in [0.5, 0.6) is 0 Å². The van der Waals surface area contributed by atoms with E-state index in [1.807, 2.05) is 212 Å². The molecule has 9 rings (SSSR count). The first-order chi connectivity index (χ1) is 58.8. The summed E-state index contributed by atoms with van der Waals surface area (Å²) in [7, 11) is 10.1.